The fraction of sp³-hybridized carbons (Fsp3) is 0.167. The average Bonchev–Trinajstić information content (AvgIpc) is 3.31. The molecule has 2 heterocycles. The van der Waals surface area contributed by atoms with E-state index in [2.05, 4.69) is 6.07 Å². The number of nitriles is 1. The van der Waals surface area contributed by atoms with Gasteiger partial charge in [-0.05, 0) is 36.8 Å². The molecule has 1 atom stereocenters. The number of allylic oxidation sites excluding steroid dienone is 1. The van der Waals surface area contributed by atoms with E-state index in [0.29, 0.717) is 35.0 Å². The molecule has 7 heteroatoms. The zero-order chi connectivity index (χ0) is 21.8. The van der Waals surface area contributed by atoms with Gasteiger partial charge >= 0.3 is 5.97 Å². The number of carbonyl (C=O) groups excluding carboxylic acids is 1. The quantitative estimate of drug-likeness (QED) is 0.465. The zero-order valence-corrected chi connectivity index (χ0v) is 16.8. The van der Waals surface area contributed by atoms with E-state index in [-0.39, 0.29) is 17.2 Å². The largest absolute Gasteiger partial charge is 0.493 e. The van der Waals surface area contributed by atoms with E-state index in [1.807, 2.05) is 6.92 Å². The molecule has 0 radical (unpaired) electrons. The van der Waals surface area contributed by atoms with Gasteiger partial charge in [0.25, 0.3) is 0 Å². The van der Waals surface area contributed by atoms with E-state index in [9.17, 15) is 10.1 Å². The monoisotopic (exact) mass is 416 g/mol. The van der Waals surface area contributed by atoms with E-state index in [1.54, 1.807) is 54.6 Å². The summed E-state index contributed by atoms with van der Waals surface area (Å²) >= 11 is 0. The number of para-hydroxylation sites is 1. The lowest BCUT2D eigenvalue weighted by atomic mass is 9.87. The fourth-order valence-electron chi connectivity index (χ4n) is 3.38. The number of fused-ring (bicyclic) bond motifs is 1. The van der Waals surface area contributed by atoms with Gasteiger partial charge in [0, 0.05) is 11.6 Å². The van der Waals surface area contributed by atoms with Crippen molar-refractivity contribution in [3.8, 4) is 23.3 Å². The highest BCUT2D eigenvalue weighted by atomic mass is 16.5. The Morgan fingerprint density at radius 2 is 2.03 bits per heavy atom. The molecule has 4 rings (SSSR count). The van der Waals surface area contributed by atoms with E-state index in [0.717, 1.165) is 6.42 Å². The standard InChI is InChI=1S/C24H20N2O5/c1-2-11-28-19-7-4-3-6-17(19)24(27)30-15-9-10-16-21(13-15)31-23(26)18(14-25)22(16)20-8-5-12-29-20/h3-10,12-13,22H,2,11,26H2,1H3. The molecular formula is C24H20N2O5. The van der Waals surface area contributed by atoms with Gasteiger partial charge in [0.15, 0.2) is 0 Å². The summed E-state index contributed by atoms with van der Waals surface area (Å²) in [5, 5.41) is 9.55. The van der Waals surface area contributed by atoms with Gasteiger partial charge in [0.2, 0.25) is 5.88 Å². The van der Waals surface area contributed by atoms with E-state index in [4.69, 9.17) is 24.4 Å². The van der Waals surface area contributed by atoms with Crippen LogP contribution in [0.2, 0.25) is 0 Å². The van der Waals surface area contributed by atoms with Crippen LogP contribution in [0.15, 0.2) is 76.7 Å². The summed E-state index contributed by atoms with van der Waals surface area (Å²) in [5.41, 5.74) is 7.25. The second-order valence-corrected chi connectivity index (χ2v) is 6.87. The van der Waals surface area contributed by atoms with Gasteiger partial charge in [-0.15, -0.1) is 0 Å². The van der Waals surface area contributed by atoms with Crippen molar-refractivity contribution >= 4 is 5.97 Å². The first-order valence-corrected chi connectivity index (χ1v) is 9.81. The predicted octanol–water partition coefficient (Wildman–Crippen LogP) is 4.51. The second-order valence-electron chi connectivity index (χ2n) is 6.87. The number of furan rings is 1. The Kier molecular flexibility index (Phi) is 5.63. The number of hydrogen-bond acceptors (Lipinski definition) is 7. The molecular weight excluding hydrogens is 396 g/mol. The smallest absolute Gasteiger partial charge is 0.347 e. The van der Waals surface area contributed by atoms with Gasteiger partial charge in [-0.2, -0.15) is 5.26 Å². The minimum Gasteiger partial charge on any atom is -0.493 e. The molecule has 7 nitrogen and oxygen atoms in total. The van der Waals surface area contributed by atoms with Crippen molar-refractivity contribution in [1.29, 1.82) is 5.26 Å². The first kappa shape index (κ1) is 20.1. The van der Waals surface area contributed by atoms with Crippen LogP contribution in [0.25, 0.3) is 0 Å². The van der Waals surface area contributed by atoms with Crippen molar-refractivity contribution in [3.05, 3.63) is 89.2 Å². The van der Waals surface area contributed by atoms with Gasteiger partial charge in [0.05, 0.1) is 18.8 Å². The molecule has 0 fully saturated rings. The summed E-state index contributed by atoms with van der Waals surface area (Å²) in [6, 6.07) is 17.5. The van der Waals surface area contributed by atoms with Gasteiger partial charge in [0.1, 0.15) is 40.2 Å². The molecule has 1 unspecified atom stereocenters. The lowest BCUT2D eigenvalue weighted by Crippen LogP contribution is -2.21. The third kappa shape index (κ3) is 3.96. The fourth-order valence-corrected chi connectivity index (χ4v) is 3.38. The van der Waals surface area contributed by atoms with Gasteiger partial charge in [-0.25, -0.2) is 4.79 Å². The molecule has 1 aliphatic rings. The van der Waals surface area contributed by atoms with Crippen molar-refractivity contribution in [2.45, 2.75) is 19.3 Å². The molecule has 1 aliphatic heterocycles. The van der Waals surface area contributed by atoms with Crippen molar-refractivity contribution in [2.24, 2.45) is 5.73 Å². The number of rotatable bonds is 6. The Hall–Kier alpha value is -4.18. The molecule has 31 heavy (non-hydrogen) atoms. The Bertz CT molecular complexity index is 1170. The van der Waals surface area contributed by atoms with Gasteiger partial charge in [-0.1, -0.05) is 25.1 Å². The lowest BCUT2D eigenvalue weighted by Gasteiger charge is -2.25. The summed E-state index contributed by atoms with van der Waals surface area (Å²) in [4.78, 5) is 12.7. The van der Waals surface area contributed by atoms with E-state index >= 15 is 0 Å². The first-order valence-electron chi connectivity index (χ1n) is 9.81. The lowest BCUT2D eigenvalue weighted by molar-refractivity contribution is 0.0730. The van der Waals surface area contributed by atoms with E-state index in [1.165, 1.54) is 6.26 Å². The van der Waals surface area contributed by atoms with Crippen LogP contribution in [-0.2, 0) is 0 Å². The van der Waals surface area contributed by atoms with Crippen molar-refractivity contribution < 1.29 is 23.4 Å². The zero-order valence-electron chi connectivity index (χ0n) is 16.8. The third-order valence-electron chi connectivity index (χ3n) is 4.80. The number of carbonyl (C=O) groups is 1. The highest BCUT2D eigenvalue weighted by Crippen LogP contribution is 2.43. The highest BCUT2D eigenvalue weighted by Gasteiger charge is 2.33. The maximum Gasteiger partial charge on any atom is 0.347 e. The van der Waals surface area contributed by atoms with E-state index < -0.39 is 11.9 Å². The maximum atomic E-state index is 12.7. The first-order chi connectivity index (χ1) is 15.1. The molecule has 2 N–H and O–H groups in total. The molecule has 0 aliphatic carbocycles. The van der Waals surface area contributed by atoms with Crippen LogP contribution in [0, 0.1) is 11.3 Å². The van der Waals surface area contributed by atoms with Crippen molar-refractivity contribution in [1.82, 2.24) is 0 Å². The number of ether oxygens (including phenoxy) is 3. The average molecular weight is 416 g/mol. The number of nitrogens with two attached hydrogens (primary N) is 1. The molecule has 0 amide bonds. The summed E-state index contributed by atoms with van der Waals surface area (Å²) in [5.74, 6) is 0.628. The summed E-state index contributed by atoms with van der Waals surface area (Å²) < 4.78 is 22.4. The third-order valence-corrected chi connectivity index (χ3v) is 4.80. The molecule has 0 spiro atoms. The summed E-state index contributed by atoms with van der Waals surface area (Å²) in [6.07, 6.45) is 2.35. The Morgan fingerprint density at radius 1 is 1.19 bits per heavy atom. The van der Waals surface area contributed by atoms with Crippen molar-refractivity contribution in [2.75, 3.05) is 6.61 Å². The highest BCUT2D eigenvalue weighted by molar-refractivity contribution is 5.94. The molecule has 3 aromatic rings. The van der Waals surface area contributed by atoms with Crippen LogP contribution in [-0.4, -0.2) is 12.6 Å². The van der Waals surface area contributed by atoms with Crippen LogP contribution >= 0.6 is 0 Å². The molecule has 0 saturated carbocycles. The SMILES string of the molecule is CCCOc1ccccc1C(=O)Oc1ccc2c(c1)OC(N)=C(C#N)C2c1ccco1. The minimum atomic E-state index is -0.550. The number of nitrogens with zero attached hydrogens (tertiary/aromatic N) is 1. The molecule has 0 bridgehead atoms. The van der Waals surface area contributed by atoms with Gasteiger partial charge < -0.3 is 24.4 Å². The van der Waals surface area contributed by atoms with Crippen molar-refractivity contribution in [3.63, 3.8) is 0 Å². The normalized spacial score (nSPS) is 14.9. The Labute approximate surface area is 179 Å². The minimum absolute atomic E-state index is 0.0156. The van der Waals surface area contributed by atoms with Crippen LogP contribution in [0.5, 0.6) is 17.2 Å². The molecule has 2 aromatic carbocycles. The second kappa shape index (κ2) is 8.67. The number of hydrogen-bond donors (Lipinski definition) is 1. The maximum absolute atomic E-state index is 12.7. The van der Waals surface area contributed by atoms with Crippen LogP contribution in [0.4, 0.5) is 0 Å². The predicted molar refractivity (Wildman–Crippen MR) is 112 cm³/mol. The van der Waals surface area contributed by atoms with Crippen LogP contribution < -0.4 is 19.9 Å². The van der Waals surface area contributed by atoms with Crippen LogP contribution in [0.1, 0.15) is 40.9 Å². The Morgan fingerprint density at radius 3 is 2.77 bits per heavy atom. The number of benzene rings is 2. The molecule has 1 aromatic heterocycles. The van der Waals surface area contributed by atoms with Crippen LogP contribution in [0.3, 0.4) is 0 Å². The summed E-state index contributed by atoms with van der Waals surface area (Å²) in [7, 11) is 0. The molecule has 0 saturated heterocycles. The Balaban J connectivity index is 1.63. The van der Waals surface area contributed by atoms with Gasteiger partial charge in [-0.3, -0.25) is 0 Å². The topological polar surface area (TPSA) is 108 Å². The molecule has 156 valence electrons. The number of esters is 1. The summed E-state index contributed by atoms with van der Waals surface area (Å²) in [6.45, 7) is 2.49.